The van der Waals surface area contributed by atoms with E-state index in [1.807, 2.05) is 0 Å². The van der Waals surface area contributed by atoms with Crippen molar-refractivity contribution in [1.29, 1.82) is 0 Å². The molecule has 0 aliphatic carbocycles. The molecular weight excluding hydrogens is 237 g/mol. The number of nitrogens with zero attached hydrogens (tertiary/aromatic N) is 2. The van der Waals surface area contributed by atoms with Crippen LogP contribution in [0.5, 0.6) is 0 Å². The molecule has 0 bridgehead atoms. The molecule has 4 atom stereocenters. The van der Waals surface area contributed by atoms with E-state index in [2.05, 4.69) is 9.97 Å². The molecule has 9 heteroatoms. The second kappa shape index (κ2) is 4.35. The molecular formula is C8H10FN3O5. The first-order chi connectivity index (χ1) is 8.04. The molecule has 8 nitrogen and oxygen atoms in total. The van der Waals surface area contributed by atoms with Crippen molar-refractivity contribution in [2.45, 2.75) is 24.4 Å². The number of ether oxygens (including phenoxy) is 1. The number of nitrogens with one attached hydrogen (secondary N) is 1. The largest absolute Gasteiger partial charge is 0.432 e. The van der Waals surface area contributed by atoms with Gasteiger partial charge in [0.2, 0.25) is 0 Å². The minimum Gasteiger partial charge on any atom is -0.390 e. The molecule has 1 aromatic rings. The number of alkyl halides is 1. The smallest absolute Gasteiger partial charge is 0.390 e. The summed E-state index contributed by atoms with van der Waals surface area (Å²) in [5.74, 6) is -0.506. The Kier molecular flexibility index (Phi) is 3.05. The molecule has 1 aliphatic heterocycles. The SMILES string of the molecule is O=[N+]([O-])c1ncc([C@@H]2O[C@H](CF)[C@@H](O)[C@H]2O)[nH]1. The van der Waals surface area contributed by atoms with Crippen LogP contribution in [-0.2, 0) is 4.74 Å². The normalized spacial score (nSPS) is 32.9. The number of imidazole rings is 1. The van der Waals surface area contributed by atoms with E-state index in [0.717, 1.165) is 6.20 Å². The van der Waals surface area contributed by atoms with Gasteiger partial charge in [0.15, 0.2) is 0 Å². The predicted octanol–water partition coefficient (Wildman–Crippen LogP) is -0.551. The Balaban J connectivity index is 2.19. The molecule has 0 aromatic carbocycles. The van der Waals surface area contributed by atoms with Crippen LogP contribution in [0.2, 0.25) is 0 Å². The summed E-state index contributed by atoms with van der Waals surface area (Å²) in [7, 11) is 0. The van der Waals surface area contributed by atoms with E-state index in [1.165, 1.54) is 0 Å². The van der Waals surface area contributed by atoms with Crippen LogP contribution >= 0.6 is 0 Å². The molecule has 1 aliphatic rings. The molecule has 0 saturated carbocycles. The highest BCUT2D eigenvalue weighted by molar-refractivity contribution is 5.16. The fraction of sp³-hybridized carbons (Fsp3) is 0.625. The Morgan fingerprint density at radius 3 is 2.76 bits per heavy atom. The Hall–Kier alpha value is -1.58. The Morgan fingerprint density at radius 1 is 1.59 bits per heavy atom. The number of hydrogen-bond donors (Lipinski definition) is 3. The lowest BCUT2D eigenvalue weighted by atomic mass is 10.1. The maximum absolute atomic E-state index is 12.4. The lowest BCUT2D eigenvalue weighted by Gasteiger charge is -2.10. The third-order valence-corrected chi connectivity index (χ3v) is 2.58. The zero-order chi connectivity index (χ0) is 12.6. The van der Waals surface area contributed by atoms with Gasteiger partial charge in [-0.15, -0.1) is 0 Å². The van der Waals surface area contributed by atoms with Crippen molar-refractivity contribution < 1.29 is 24.3 Å². The van der Waals surface area contributed by atoms with Crippen molar-refractivity contribution >= 4 is 5.95 Å². The van der Waals surface area contributed by atoms with Gasteiger partial charge in [0, 0.05) is 0 Å². The first-order valence-corrected chi connectivity index (χ1v) is 4.81. The number of aromatic nitrogens is 2. The zero-order valence-corrected chi connectivity index (χ0v) is 8.49. The van der Waals surface area contributed by atoms with Gasteiger partial charge in [-0.3, -0.25) is 0 Å². The van der Waals surface area contributed by atoms with Gasteiger partial charge in [-0.1, -0.05) is 4.98 Å². The van der Waals surface area contributed by atoms with Gasteiger partial charge in [-0.2, -0.15) is 0 Å². The molecule has 94 valence electrons. The quantitative estimate of drug-likeness (QED) is 0.486. The molecule has 0 amide bonds. The number of H-pyrrole nitrogens is 1. The van der Waals surface area contributed by atoms with Gasteiger partial charge in [-0.25, -0.2) is 9.37 Å². The third-order valence-electron chi connectivity index (χ3n) is 2.58. The van der Waals surface area contributed by atoms with Crippen molar-refractivity contribution in [3.63, 3.8) is 0 Å². The van der Waals surface area contributed by atoms with Gasteiger partial charge in [-0.05, 0) is 4.92 Å². The van der Waals surface area contributed by atoms with E-state index in [0.29, 0.717) is 0 Å². The molecule has 0 spiro atoms. The molecule has 2 heterocycles. The van der Waals surface area contributed by atoms with Crippen LogP contribution in [0, 0.1) is 10.1 Å². The predicted molar refractivity (Wildman–Crippen MR) is 50.8 cm³/mol. The lowest BCUT2D eigenvalue weighted by Crippen LogP contribution is -2.31. The Labute approximate surface area is 94.2 Å². The van der Waals surface area contributed by atoms with Crippen molar-refractivity contribution in [2.75, 3.05) is 6.67 Å². The fourth-order valence-electron chi connectivity index (χ4n) is 1.69. The van der Waals surface area contributed by atoms with Crippen LogP contribution < -0.4 is 0 Å². The molecule has 0 radical (unpaired) electrons. The molecule has 1 aromatic heterocycles. The van der Waals surface area contributed by atoms with Gasteiger partial charge < -0.3 is 25.1 Å². The summed E-state index contributed by atoms with van der Waals surface area (Å²) in [5, 5.41) is 29.4. The zero-order valence-electron chi connectivity index (χ0n) is 8.49. The van der Waals surface area contributed by atoms with Crippen LogP contribution in [0.4, 0.5) is 10.3 Å². The van der Waals surface area contributed by atoms with Crippen molar-refractivity contribution in [3.8, 4) is 0 Å². The summed E-state index contributed by atoms with van der Waals surface area (Å²) in [6.45, 7) is -0.953. The fourth-order valence-corrected chi connectivity index (χ4v) is 1.69. The van der Waals surface area contributed by atoms with Gasteiger partial charge >= 0.3 is 5.95 Å². The van der Waals surface area contributed by atoms with Crippen LogP contribution in [-0.4, -0.2) is 50.1 Å². The summed E-state index contributed by atoms with van der Waals surface area (Å²) in [6.07, 6.45) is -3.80. The lowest BCUT2D eigenvalue weighted by molar-refractivity contribution is -0.393. The highest BCUT2D eigenvalue weighted by atomic mass is 19.1. The number of aliphatic hydroxyl groups is 2. The van der Waals surface area contributed by atoms with Crippen molar-refractivity contribution in [2.24, 2.45) is 0 Å². The monoisotopic (exact) mass is 247 g/mol. The number of aromatic amines is 1. The average Bonchev–Trinajstić information content (AvgIpc) is 2.87. The summed E-state index contributed by atoms with van der Waals surface area (Å²) >= 11 is 0. The van der Waals surface area contributed by atoms with Gasteiger partial charge in [0.25, 0.3) is 0 Å². The first kappa shape index (κ1) is 11.9. The molecule has 2 rings (SSSR count). The standard InChI is InChI=1S/C8H10FN3O5/c9-1-4-5(13)6(14)7(17-4)3-2-10-8(11-3)12(15)16/h2,4-7,13-14H,1H2,(H,10,11)/t4-,5-,6-,7+/m1/s1. The maximum atomic E-state index is 12.4. The minimum absolute atomic E-state index is 0.124. The number of hydrogen-bond acceptors (Lipinski definition) is 6. The van der Waals surface area contributed by atoms with Crippen molar-refractivity contribution in [1.82, 2.24) is 9.97 Å². The summed E-state index contributed by atoms with van der Waals surface area (Å²) < 4.78 is 17.5. The number of halogens is 1. The average molecular weight is 247 g/mol. The van der Waals surface area contributed by atoms with E-state index in [9.17, 15) is 24.7 Å². The Bertz CT molecular complexity index is 425. The van der Waals surface area contributed by atoms with Crippen LogP contribution in [0.25, 0.3) is 0 Å². The molecule has 0 unspecified atom stereocenters. The number of nitro groups is 1. The first-order valence-electron chi connectivity index (χ1n) is 4.81. The number of rotatable bonds is 3. The van der Waals surface area contributed by atoms with Crippen LogP contribution in [0.1, 0.15) is 11.8 Å². The highest BCUT2D eigenvalue weighted by Gasteiger charge is 2.45. The summed E-state index contributed by atoms with van der Waals surface area (Å²) in [6, 6.07) is 0. The van der Waals surface area contributed by atoms with E-state index < -0.39 is 42.0 Å². The van der Waals surface area contributed by atoms with E-state index in [4.69, 9.17) is 4.74 Å². The second-order valence-corrected chi connectivity index (χ2v) is 3.65. The highest BCUT2D eigenvalue weighted by Crippen LogP contribution is 2.33. The second-order valence-electron chi connectivity index (χ2n) is 3.65. The Morgan fingerprint density at radius 2 is 2.29 bits per heavy atom. The topological polar surface area (TPSA) is 122 Å². The molecule has 3 N–H and O–H groups in total. The summed E-state index contributed by atoms with van der Waals surface area (Å²) in [5.41, 5.74) is 0.124. The van der Waals surface area contributed by atoms with Crippen LogP contribution in [0.3, 0.4) is 0 Å². The van der Waals surface area contributed by atoms with Gasteiger partial charge in [0.05, 0.1) is 0 Å². The molecule has 17 heavy (non-hydrogen) atoms. The maximum Gasteiger partial charge on any atom is 0.432 e. The van der Waals surface area contributed by atoms with Gasteiger partial charge in [0.1, 0.15) is 43.0 Å². The van der Waals surface area contributed by atoms with E-state index >= 15 is 0 Å². The minimum atomic E-state index is -1.37. The van der Waals surface area contributed by atoms with Crippen molar-refractivity contribution in [3.05, 3.63) is 22.0 Å². The molecule has 1 saturated heterocycles. The van der Waals surface area contributed by atoms with E-state index in [1.54, 1.807) is 0 Å². The van der Waals surface area contributed by atoms with Crippen LogP contribution in [0.15, 0.2) is 6.20 Å². The number of aliphatic hydroxyl groups excluding tert-OH is 2. The molecule has 1 fully saturated rings. The van der Waals surface area contributed by atoms with E-state index in [-0.39, 0.29) is 5.69 Å². The summed E-state index contributed by atoms with van der Waals surface area (Å²) in [4.78, 5) is 15.4. The third kappa shape index (κ3) is 1.99.